The fraction of sp³-hybridized carbons (Fsp3) is 0.733. The minimum Gasteiger partial charge on any atom is -0.351 e. The smallest absolute Gasteiger partial charge is 0.254 e. The van der Waals surface area contributed by atoms with E-state index in [0.717, 1.165) is 18.7 Å². The molecule has 1 aromatic rings. The van der Waals surface area contributed by atoms with Crippen molar-refractivity contribution in [3.63, 3.8) is 0 Å². The maximum absolute atomic E-state index is 12.2. The number of aryl methyl sites for hydroxylation is 1. The predicted molar refractivity (Wildman–Crippen MR) is 81.6 cm³/mol. The number of rotatable bonds is 7. The van der Waals surface area contributed by atoms with Crippen LogP contribution in [-0.4, -0.2) is 28.8 Å². The summed E-state index contributed by atoms with van der Waals surface area (Å²) in [6.07, 6.45) is 2.51. The van der Waals surface area contributed by atoms with Crippen LogP contribution in [-0.2, 0) is 6.54 Å². The highest BCUT2D eigenvalue weighted by Gasteiger charge is 2.24. The van der Waals surface area contributed by atoms with Crippen LogP contribution < -0.4 is 11.1 Å². The minimum atomic E-state index is -0.0461. The number of hydrogen-bond acceptors (Lipinski definition) is 3. The van der Waals surface area contributed by atoms with Crippen molar-refractivity contribution < 1.29 is 4.79 Å². The Bertz CT molecular complexity index is 449. The standard InChI is InChI=1S/C15H28N4O/c1-11(2)15(4,5)10-17-14(20)13-9-18-19(12(13)3)8-6-7-16/h9,11H,6-8,10,16H2,1-5H3,(H,17,20). The van der Waals surface area contributed by atoms with Crippen molar-refractivity contribution in [2.45, 2.75) is 47.6 Å². The number of nitrogens with one attached hydrogen (secondary N) is 1. The van der Waals surface area contributed by atoms with E-state index >= 15 is 0 Å². The van der Waals surface area contributed by atoms with Gasteiger partial charge in [-0.25, -0.2) is 0 Å². The van der Waals surface area contributed by atoms with Crippen molar-refractivity contribution in [1.82, 2.24) is 15.1 Å². The van der Waals surface area contributed by atoms with E-state index in [2.05, 4.69) is 38.1 Å². The Labute approximate surface area is 121 Å². The van der Waals surface area contributed by atoms with Gasteiger partial charge in [0.05, 0.1) is 11.8 Å². The van der Waals surface area contributed by atoms with Crippen LogP contribution in [0.1, 0.15) is 50.2 Å². The summed E-state index contributed by atoms with van der Waals surface area (Å²) in [5.41, 5.74) is 7.13. The maximum Gasteiger partial charge on any atom is 0.254 e. The van der Waals surface area contributed by atoms with Gasteiger partial charge in [-0.15, -0.1) is 0 Å². The lowest BCUT2D eigenvalue weighted by molar-refractivity contribution is 0.0924. The molecule has 5 heteroatoms. The molecule has 0 aliphatic carbocycles. The SMILES string of the molecule is Cc1c(C(=O)NCC(C)(C)C(C)C)cnn1CCCN. The highest BCUT2D eigenvalue weighted by molar-refractivity contribution is 5.95. The molecular formula is C15H28N4O. The first-order valence-corrected chi connectivity index (χ1v) is 7.30. The number of carbonyl (C=O) groups is 1. The van der Waals surface area contributed by atoms with Gasteiger partial charge in [0.25, 0.3) is 5.91 Å². The van der Waals surface area contributed by atoms with Gasteiger partial charge >= 0.3 is 0 Å². The van der Waals surface area contributed by atoms with Crippen LogP contribution in [0.5, 0.6) is 0 Å². The zero-order valence-electron chi connectivity index (χ0n) is 13.4. The predicted octanol–water partition coefficient (Wildman–Crippen LogP) is 1.95. The van der Waals surface area contributed by atoms with Crippen molar-refractivity contribution in [2.24, 2.45) is 17.1 Å². The van der Waals surface area contributed by atoms with E-state index in [9.17, 15) is 4.79 Å². The van der Waals surface area contributed by atoms with Crippen LogP contribution in [0.15, 0.2) is 6.20 Å². The van der Waals surface area contributed by atoms with E-state index in [1.165, 1.54) is 0 Å². The lowest BCUT2D eigenvalue weighted by Gasteiger charge is -2.29. The third-order valence-corrected chi connectivity index (χ3v) is 4.19. The minimum absolute atomic E-state index is 0.0461. The Morgan fingerprint density at radius 3 is 2.70 bits per heavy atom. The third-order valence-electron chi connectivity index (χ3n) is 4.19. The van der Waals surface area contributed by atoms with E-state index in [1.54, 1.807) is 6.20 Å². The van der Waals surface area contributed by atoms with Gasteiger partial charge in [0.1, 0.15) is 0 Å². The van der Waals surface area contributed by atoms with Crippen LogP contribution in [0.2, 0.25) is 0 Å². The second-order valence-corrected chi connectivity index (χ2v) is 6.33. The molecule has 1 aromatic heterocycles. The van der Waals surface area contributed by atoms with E-state index in [4.69, 9.17) is 5.73 Å². The monoisotopic (exact) mass is 280 g/mol. The molecule has 0 spiro atoms. The molecule has 0 aliphatic heterocycles. The molecule has 3 N–H and O–H groups in total. The van der Waals surface area contributed by atoms with Crippen molar-refractivity contribution >= 4 is 5.91 Å². The van der Waals surface area contributed by atoms with Crippen LogP contribution in [0.3, 0.4) is 0 Å². The Hall–Kier alpha value is -1.36. The summed E-state index contributed by atoms with van der Waals surface area (Å²) in [4.78, 5) is 12.2. The lowest BCUT2D eigenvalue weighted by atomic mass is 9.81. The molecule has 0 aliphatic rings. The van der Waals surface area contributed by atoms with E-state index in [-0.39, 0.29) is 11.3 Å². The highest BCUT2D eigenvalue weighted by atomic mass is 16.1. The quantitative estimate of drug-likeness (QED) is 0.802. The molecule has 0 radical (unpaired) electrons. The molecule has 0 aromatic carbocycles. The molecule has 0 saturated heterocycles. The average molecular weight is 280 g/mol. The van der Waals surface area contributed by atoms with E-state index in [0.29, 0.717) is 24.6 Å². The molecule has 0 atom stereocenters. The van der Waals surface area contributed by atoms with Crippen molar-refractivity contribution in [1.29, 1.82) is 0 Å². The Morgan fingerprint density at radius 2 is 2.15 bits per heavy atom. The maximum atomic E-state index is 12.2. The molecule has 0 unspecified atom stereocenters. The van der Waals surface area contributed by atoms with Gasteiger partial charge in [-0.05, 0) is 31.2 Å². The summed E-state index contributed by atoms with van der Waals surface area (Å²) < 4.78 is 1.84. The lowest BCUT2D eigenvalue weighted by Crippen LogP contribution is -2.37. The fourth-order valence-electron chi connectivity index (χ4n) is 1.74. The molecule has 0 fully saturated rings. The number of nitrogens with two attached hydrogens (primary N) is 1. The molecule has 1 amide bonds. The van der Waals surface area contributed by atoms with Gasteiger partial charge < -0.3 is 11.1 Å². The van der Waals surface area contributed by atoms with E-state index in [1.807, 2.05) is 11.6 Å². The second-order valence-electron chi connectivity index (χ2n) is 6.33. The second kappa shape index (κ2) is 6.88. The van der Waals surface area contributed by atoms with Crippen molar-refractivity contribution in [2.75, 3.05) is 13.1 Å². The molecule has 0 bridgehead atoms. The molecule has 114 valence electrons. The molecule has 1 heterocycles. The summed E-state index contributed by atoms with van der Waals surface area (Å²) in [7, 11) is 0. The third kappa shape index (κ3) is 4.07. The first kappa shape index (κ1) is 16.7. The zero-order valence-corrected chi connectivity index (χ0v) is 13.4. The van der Waals surface area contributed by atoms with Gasteiger partial charge in [0.15, 0.2) is 0 Å². The molecule has 5 nitrogen and oxygen atoms in total. The van der Waals surface area contributed by atoms with Gasteiger partial charge in [-0.3, -0.25) is 9.48 Å². The molecule has 0 saturated carbocycles. The Balaban J connectivity index is 2.67. The van der Waals surface area contributed by atoms with Gasteiger partial charge in [-0.1, -0.05) is 27.7 Å². The topological polar surface area (TPSA) is 72.9 Å². The number of aromatic nitrogens is 2. The average Bonchev–Trinajstić information content (AvgIpc) is 2.75. The fourth-order valence-corrected chi connectivity index (χ4v) is 1.74. The van der Waals surface area contributed by atoms with Crippen molar-refractivity contribution in [3.8, 4) is 0 Å². The van der Waals surface area contributed by atoms with Crippen molar-refractivity contribution in [3.05, 3.63) is 17.5 Å². The van der Waals surface area contributed by atoms with Crippen LogP contribution >= 0.6 is 0 Å². The summed E-state index contributed by atoms with van der Waals surface area (Å²) in [5.74, 6) is 0.464. The van der Waals surface area contributed by atoms with Crippen LogP contribution in [0.25, 0.3) is 0 Å². The van der Waals surface area contributed by atoms with Crippen LogP contribution in [0.4, 0.5) is 0 Å². The number of amides is 1. The summed E-state index contributed by atoms with van der Waals surface area (Å²) in [5, 5.41) is 7.27. The van der Waals surface area contributed by atoms with Crippen LogP contribution in [0, 0.1) is 18.3 Å². The zero-order chi connectivity index (χ0) is 15.3. The first-order chi connectivity index (χ1) is 9.29. The molecular weight excluding hydrogens is 252 g/mol. The molecule has 20 heavy (non-hydrogen) atoms. The summed E-state index contributed by atoms with van der Waals surface area (Å²) >= 11 is 0. The normalized spacial score (nSPS) is 11.9. The van der Waals surface area contributed by atoms with Gasteiger partial charge in [0.2, 0.25) is 0 Å². The highest BCUT2D eigenvalue weighted by Crippen LogP contribution is 2.24. The summed E-state index contributed by atoms with van der Waals surface area (Å²) in [6, 6.07) is 0. The van der Waals surface area contributed by atoms with Gasteiger partial charge in [-0.2, -0.15) is 5.10 Å². The Morgan fingerprint density at radius 1 is 1.50 bits per heavy atom. The number of hydrogen-bond donors (Lipinski definition) is 2. The van der Waals surface area contributed by atoms with Gasteiger partial charge in [0, 0.05) is 18.8 Å². The first-order valence-electron chi connectivity index (χ1n) is 7.30. The largest absolute Gasteiger partial charge is 0.351 e. The Kier molecular flexibility index (Phi) is 5.74. The molecule has 1 rings (SSSR count). The number of nitrogens with zero attached hydrogens (tertiary/aromatic N) is 2. The number of carbonyl (C=O) groups excluding carboxylic acids is 1. The summed E-state index contributed by atoms with van der Waals surface area (Å²) in [6.45, 7) is 12.6. The van der Waals surface area contributed by atoms with E-state index < -0.39 is 0 Å².